The van der Waals surface area contributed by atoms with E-state index >= 15 is 0 Å². The van der Waals surface area contributed by atoms with Crippen LogP contribution in [0.3, 0.4) is 0 Å². The summed E-state index contributed by atoms with van der Waals surface area (Å²) in [7, 11) is 0. The molecule has 0 radical (unpaired) electrons. The number of rotatable bonds is 33. The lowest BCUT2D eigenvalue weighted by atomic mass is 9.84. The molecule has 0 aromatic carbocycles. The third kappa shape index (κ3) is 21.0. The molecule has 594 valence electrons. The van der Waals surface area contributed by atoms with Gasteiger partial charge in [-0.3, -0.25) is 0 Å². The van der Waals surface area contributed by atoms with E-state index in [9.17, 15) is 61.3 Å². The van der Waals surface area contributed by atoms with E-state index in [1.165, 1.54) is 0 Å². The van der Waals surface area contributed by atoms with Gasteiger partial charge in [0.15, 0.2) is 48.0 Å². The quantitative estimate of drug-likeness (QED) is 0.0214. The Labute approximate surface area is 600 Å². The Hall–Kier alpha value is -2.14. The van der Waals surface area contributed by atoms with Gasteiger partial charge < -0.3 is 218 Å². The third-order valence-corrected chi connectivity index (χ3v) is 20.2. The number of aliphatic hydroxyl groups is 12. The molecule has 2 saturated carbocycles. The second kappa shape index (κ2) is 40.0. The highest BCUT2D eigenvalue weighted by Gasteiger charge is 2.58. The van der Waals surface area contributed by atoms with E-state index in [4.69, 9.17) is 160 Å². The largest absolute Gasteiger partial charge is 0.389 e. The molecular weight excluding hydrogens is 1400 g/mol. The molecule has 42 nitrogen and oxygen atoms in total. The molecule has 102 heavy (non-hydrogen) atoms. The number of unbranched alkanes of at least 4 members (excludes halogenated alkanes) is 1. The fourth-order valence-corrected chi connectivity index (χ4v) is 13.8. The topological polar surface area (TPSA) is 732 Å². The summed E-state index contributed by atoms with van der Waals surface area (Å²) >= 11 is 11.1. The van der Waals surface area contributed by atoms with Crippen LogP contribution in [0.2, 0.25) is 0 Å². The molecule has 0 amide bonds. The fourth-order valence-electron chi connectivity index (χ4n) is 13.4. The summed E-state index contributed by atoms with van der Waals surface area (Å²) in [6.07, 6.45) is -38.6. The van der Waals surface area contributed by atoms with Crippen LogP contribution in [0, 0.1) is 0 Å². The van der Waals surface area contributed by atoms with Crippen molar-refractivity contribution in [1.29, 1.82) is 0 Å². The molecule has 0 aromatic rings. The molecule has 2 aliphatic carbocycles. The van der Waals surface area contributed by atoms with Crippen LogP contribution >= 0.6 is 24.4 Å². The average Bonchev–Trinajstić information content (AvgIpc) is 1.44. The van der Waals surface area contributed by atoms with Crippen LogP contribution in [0.4, 0.5) is 0 Å². The third-order valence-electron chi connectivity index (χ3n) is 19.6. The van der Waals surface area contributed by atoms with Crippen molar-refractivity contribution in [3.05, 3.63) is 0 Å². The SMILES string of the molecule is NCC1O[C@H](OC2C(N)C[C@@H](N)C(O)[C@H]2O[C@@H]2O[C@H](CNC(=S)NCCCOCCCCOCCCNC(=S)NC[C@H]3O[C@@H](OC4C(O[C@@H]5OC(CN)C(O)[C@H](O)C5N)C(N)C[C@H](N)[C@@H]4O)C(O)C3O[C@@H]3O[C@H](CN)C(O)C(O)C3N)C(O[C@H]3O[C@@H](CN)C(O)C(O)C3N)[C@@H]2O)C(N)[C@@H](O)C1O. The summed E-state index contributed by atoms with van der Waals surface area (Å²) in [5, 5.41) is 144. The molecule has 8 aliphatic rings. The maximum atomic E-state index is 11.9. The van der Waals surface area contributed by atoms with Crippen LogP contribution < -0.4 is 90.1 Å². The summed E-state index contributed by atoms with van der Waals surface area (Å²) < 4.78 is 84.6. The first-order valence-electron chi connectivity index (χ1n) is 34.6. The summed E-state index contributed by atoms with van der Waals surface area (Å²) in [6, 6.07) is -8.90. The minimum Gasteiger partial charge on any atom is -0.389 e. The molecule has 21 unspecified atom stereocenters. The summed E-state index contributed by atoms with van der Waals surface area (Å²) in [4.78, 5) is 0. The maximum Gasteiger partial charge on any atom is 0.187 e. The first-order valence-corrected chi connectivity index (χ1v) is 35.4. The lowest BCUT2D eigenvalue weighted by Crippen LogP contribution is -2.68. The molecule has 6 heterocycles. The Morgan fingerprint density at radius 3 is 0.863 bits per heavy atom. The van der Waals surface area contributed by atoms with Crippen LogP contribution in [-0.4, -0.2) is 383 Å². The van der Waals surface area contributed by atoms with E-state index in [2.05, 4.69) is 21.3 Å². The zero-order valence-corrected chi connectivity index (χ0v) is 58.1. The zero-order chi connectivity index (χ0) is 74.5. The molecule has 38 atom stereocenters. The Morgan fingerprint density at radius 2 is 0.569 bits per heavy atom. The number of nitrogens with two attached hydrogens (primary N) is 12. The molecule has 0 bridgehead atoms. The highest BCUT2D eigenvalue weighted by Crippen LogP contribution is 2.37. The van der Waals surface area contributed by atoms with Crippen molar-refractivity contribution in [2.45, 2.75) is 271 Å². The molecule has 44 heteroatoms. The Kier molecular flexibility index (Phi) is 33.5. The second-order valence-electron chi connectivity index (χ2n) is 27.0. The summed E-state index contributed by atoms with van der Waals surface area (Å²) in [5.74, 6) is 0. The lowest BCUT2D eigenvalue weighted by molar-refractivity contribution is -0.306. The van der Waals surface area contributed by atoms with Gasteiger partial charge in [0.25, 0.3) is 0 Å². The number of ether oxygens (including phenoxy) is 14. The minimum absolute atomic E-state index is 0.0414. The second-order valence-corrected chi connectivity index (χ2v) is 27.9. The first kappa shape index (κ1) is 85.5. The van der Waals surface area contributed by atoms with Gasteiger partial charge in [0.2, 0.25) is 0 Å². The maximum absolute atomic E-state index is 11.9. The molecule has 6 aliphatic heterocycles. The number of thiocarbonyl (C=S) groups is 2. The smallest absolute Gasteiger partial charge is 0.187 e. The van der Waals surface area contributed by atoms with E-state index in [1.54, 1.807) is 0 Å². The molecule has 8 rings (SSSR count). The molecular formula is C58H114N16O26S2. The molecule has 40 N–H and O–H groups in total. The van der Waals surface area contributed by atoms with Gasteiger partial charge in [0.1, 0.15) is 134 Å². The van der Waals surface area contributed by atoms with Gasteiger partial charge in [-0.05, 0) is 63.0 Å². The Morgan fingerprint density at radius 1 is 0.304 bits per heavy atom. The van der Waals surface area contributed by atoms with Crippen molar-refractivity contribution in [2.75, 3.05) is 78.8 Å². The number of nitrogens with one attached hydrogen (secondary N) is 4. The van der Waals surface area contributed by atoms with Crippen molar-refractivity contribution < 1.29 is 128 Å². The lowest BCUT2D eigenvalue weighted by Gasteiger charge is -2.47. The Bertz CT molecular complexity index is 2350. The van der Waals surface area contributed by atoms with Crippen molar-refractivity contribution in [2.24, 2.45) is 68.8 Å². The van der Waals surface area contributed by atoms with Gasteiger partial charge in [0.05, 0.1) is 36.4 Å². The van der Waals surface area contributed by atoms with Gasteiger partial charge in [-0.15, -0.1) is 0 Å². The highest BCUT2D eigenvalue weighted by molar-refractivity contribution is 7.80. The average molecular weight is 1520 g/mol. The minimum atomic E-state index is -1.66. The van der Waals surface area contributed by atoms with Crippen LogP contribution in [0.5, 0.6) is 0 Å². The summed E-state index contributed by atoms with van der Waals surface area (Å²) in [5.41, 5.74) is 73.7. The highest BCUT2D eigenvalue weighted by atomic mass is 32.1. The van der Waals surface area contributed by atoms with Crippen LogP contribution in [0.1, 0.15) is 38.5 Å². The van der Waals surface area contributed by atoms with Gasteiger partial charge in [-0.2, -0.15) is 0 Å². The van der Waals surface area contributed by atoms with Crippen LogP contribution in [0.25, 0.3) is 0 Å². The van der Waals surface area contributed by atoms with Crippen molar-refractivity contribution in [3.63, 3.8) is 0 Å². The molecule has 8 fully saturated rings. The molecule has 0 aromatic heterocycles. The number of hydrogen-bond acceptors (Lipinski definition) is 40. The zero-order valence-electron chi connectivity index (χ0n) is 56.5. The monoisotopic (exact) mass is 1510 g/mol. The van der Waals surface area contributed by atoms with Gasteiger partial charge >= 0.3 is 0 Å². The van der Waals surface area contributed by atoms with Crippen molar-refractivity contribution >= 4 is 34.7 Å². The van der Waals surface area contributed by atoms with Crippen molar-refractivity contribution in [3.8, 4) is 0 Å². The molecule has 6 saturated heterocycles. The van der Waals surface area contributed by atoms with Crippen LogP contribution in [0.15, 0.2) is 0 Å². The van der Waals surface area contributed by atoms with E-state index in [-0.39, 0.29) is 62.3 Å². The van der Waals surface area contributed by atoms with Crippen molar-refractivity contribution in [1.82, 2.24) is 21.3 Å². The van der Waals surface area contributed by atoms with E-state index in [0.717, 1.165) is 0 Å². The summed E-state index contributed by atoms with van der Waals surface area (Å²) in [6.45, 7) is 1.46. The number of aliphatic hydroxyl groups excluding tert-OH is 12. The fraction of sp³-hybridized carbons (Fsp3) is 0.966. The predicted molar refractivity (Wildman–Crippen MR) is 360 cm³/mol. The Balaban J connectivity index is 0.741. The van der Waals surface area contributed by atoms with E-state index in [1.807, 2.05) is 0 Å². The van der Waals surface area contributed by atoms with Gasteiger partial charge in [-0.1, -0.05) is 0 Å². The van der Waals surface area contributed by atoms with E-state index in [0.29, 0.717) is 65.2 Å². The predicted octanol–water partition coefficient (Wildman–Crippen LogP) is -16.2. The number of hydrogen-bond donors (Lipinski definition) is 28. The molecule has 0 spiro atoms. The van der Waals surface area contributed by atoms with Gasteiger partial charge in [0, 0.05) is 103 Å². The standard InChI is InChI=1S/C58H114N16O26S2/c59-13-23-35(77)39(81)29(67)51(89-23)95-45-21(65)11-19(63)33(75)49(45)99-55-43(85)47(97-53-31(69)41(83)37(79)25(15-61)91-53)27(93-55)17-73-57(101)71-5-3-9-87-7-1-2-8-88-10-4-6-72-58(102)74-18-28-48(98-54-32(70)42(84)38(80)26(16-62)92-54)44(86)56(94-28)100-50-34(76)20(64)12-22(66)46(50)96-52-30(68)40(82)36(78)24(14-60)90-52/h19-56,75-86H,1-18,59-70H2,(H2,71,73,101)(H2,72,74,102)/t19-,20+,21?,22?,23?,24?,25+,26-,27-,28-,29?,30?,31?,32?,33?,34+,35?,36?,37?,38?,39-,40-,41?,42?,43+,44?,45?,46?,47?,48?,49-,50?,51-,52+,53-,54+,55+,56+/m1/s1. The first-order chi connectivity index (χ1) is 48.5. The van der Waals surface area contributed by atoms with Crippen LogP contribution in [-0.2, 0) is 66.3 Å². The van der Waals surface area contributed by atoms with E-state index < -0.39 is 233 Å². The normalized spacial score (nSPS) is 46.4. The van der Waals surface area contributed by atoms with Gasteiger partial charge in [-0.25, -0.2) is 0 Å².